The Kier molecular flexibility index (Phi) is 5.05. The summed E-state index contributed by atoms with van der Waals surface area (Å²) >= 11 is 0. The van der Waals surface area contributed by atoms with Crippen molar-refractivity contribution in [1.82, 2.24) is 10.6 Å². The van der Waals surface area contributed by atoms with Crippen LogP contribution in [0.25, 0.3) is 0 Å². The van der Waals surface area contributed by atoms with Crippen LogP contribution in [0.3, 0.4) is 0 Å². The van der Waals surface area contributed by atoms with E-state index in [1.54, 1.807) is 0 Å². The van der Waals surface area contributed by atoms with Crippen LogP contribution >= 0.6 is 0 Å². The van der Waals surface area contributed by atoms with Crippen LogP contribution in [-0.2, 0) is 4.79 Å². The van der Waals surface area contributed by atoms with Gasteiger partial charge in [-0.25, -0.2) is 0 Å². The van der Waals surface area contributed by atoms with Gasteiger partial charge in [0.05, 0.1) is 6.10 Å². The largest absolute Gasteiger partial charge is 0.393 e. The Morgan fingerprint density at radius 2 is 2.13 bits per heavy atom. The van der Waals surface area contributed by atoms with E-state index >= 15 is 0 Å². The van der Waals surface area contributed by atoms with Crippen LogP contribution in [0.4, 0.5) is 0 Å². The predicted octanol–water partition coefficient (Wildman–Crippen LogP) is 0.262. The molecule has 1 rings (SSSR count). The molecule has 1 fully saturated rings. The first-order valence-corrected chi connectivity index (χ1v) is 5.76. The van der Waals surface area contributed by atoms with Crippen LogP contribution in [0.5, 0.6) is 0 Å². The zero-order chi connectivity index (χ0) is 11.3. The van der Waals surface area contributed by atoms with E-state index in [1.807, 2.05) is 0 Å². The number of carbonyl (C=O) groups is 1. The fourth-order valence-electron chi connectivity index (χ4n) is 1.69. The minimum atomic E-state index is -0.130. The number of rotatable bonds is 6. The molecule has 4 heteroatoms. The number of amides is 1. The summed E-state index contributed by atoms with van der Waals surface area (Å²) in [5.41, 5.74) is 0. The van der Waals surface area contributed by atoms with Crippen molar-refractivity contribution in [2.45, 2.75) is 45.3 Å². The summed E-state index contributed by atoms with van der Waals surface area (Å²) in [6, 6.07) is 0.430. The average Bonchev–Trinajstić information content (AvgIpc) is 2.10. The normalized spacial score (nSPS) is 25.1. The Balaban J connectivity index is 1.94. The molecular weight excluding hydrogens is 192 g/mol. The maximum absolute atomic E-state index is 11.3. The predicted molar refractivity (Wildman–Crippen MR) is 59.5 cm³/mol. The summed E-state index contributed by atoms with van der Waals surface area (Å²) in [4.78, 5) is 11.3. The number of aliphatic hydroxyl groups excluding tert-OH is 1. The van der Waals surface area contributed by atoms with Gasteiger partial charge in [-0.3, -0.25) is 4.79 Å². The Morgan fingerprint density at radius 3 is 2.67 bits per heavy atom. The Bertz CT molecular complexity index is 201. The van der Waals surface area contributed by atoms with Crippen LogP contribution in [0.2, 0.25) is 0 Å². The molecule has 1 saturated carbocycles. The number of aliphatic hydroxyl groups is 1. The fourth-order valence-corrected chi connectivity index (χ4v) is 1.69. The molecule has 0 atom stereocenters. The van der Waals surface area contributed by atoms with E-state index in [2.05, 4.69) is 24.5 Å². The molecule has 0 spiro atoms. The summed E-state index contributed by atoms with van der Waals surface area (Å²) in [6.07, 6.45) is 2.08. The molecule has 1 aliphatic carbocycles. The molecule has 0 bridgehead atoms. The van der Waals surface area contributed by atoms with Crippen molar-refractivity contribution >= 4 is 5.91 Å². The minimum Gasteiger partial charge on any atom is -0.393 e. The van der Waals surface area contributed by atoms with E-state index in [-0.39, 0.29) is 12.0 Å². The highest BCUT2D eigenvalue weighted by molar-refractivity contribution is 5.76. The van der Waals surface area contributed by atoms with E-state index in [0.717, 1.165) is 25.9 Å². The maximum Gasteiger partial charge on any atom is 0.221 e. The molecule has 0 saturated heterocycles. The van der Waals surface area contributed by atoms with Crippen LogP contribution in [-0.4, -0.2) is 36.2 Å². The second-order valence-corrected chi connectivity index (χ2v) is 4.65. The Hall–Kier alpha value is -0.610. The van der Waals surface area contributed by atoms with Gasteiger partial charge >= 0.3 is 0 Å². The lowest BCUT2D eigenvalue weighted by atomic mass is 9.82. The Morgan fingerprint density at radius 1 is 1.47 bits per heavy atom. The number of carbonyl (C=O) groups excluding carboxylic acids is 1. The first-order valence-electron chi connectivity index (χ1n) is 5.76. The lowest BCUT2D eigenvalue weighted by molar-refractivity contribution is -0.121. The van der Waals surface area contributed by atoms with Gasteiger partial charge in [0.25, 0.3) is 0 Å². The maximum atomic E-state index is 11.3. The van der Waals surface area contributed by atoms with E-state index in [1.165, 1.54) is 0 Å². The summed E-state index contributed by atoms with van der Waals surface area (Å²) < 4.78 is 0. The fraction of sp³-hybridized carbons (Fsp3) is 0.909. The first kappa shape index (κ1) is 12.5. The van der Waals surface area contributed by atoms with Gasteiger partial charge in [0, 0.05) is 25.6 Å². The summed E-state index contributed by atoms with van der Waals surface area (Å²) in [6.45, 7) is 5.58. The number of nitrogens with one attached hydrogen (secondary N) is 2. The molecule has 3 N–H and O–H groups in total. The minimum absolute atomic E-state index is 0.101. The van der Waals surface area contributed by atoms with Gasteiger partial charge in [-0.05, 0) is 18.8 Å². The highest BCUT2D eigenvalue weighted by Crippen LogP contribution is 2.25. The van der Waals surface area contributed by atoms with Crippen molar-refractivity contribution in [2.75, 3.05) is 13.1 Å². The van der Waals surface area contributed by atoms with Crippen LogP contribution in [0.15, 0.2) is 0 Å². The molecule has 1 aliphatic rings. The standard InChI is InChI=1S/C11H22N2O2/c1-8(2)12-4-3-11(15)13-7-9-5-10(14)6-9/h8-10,12,14H,3-7H2,1-2H3,(H,13,15). The highest BCUT2D eigenvalue weighted by Gasteiger charge is 2.26. The van der Waals surface area contributed by atoms with Crippen molar-refractivity contribution in [1.29, 1.82) is 0 Å². The monoisotopic (exact) mass is 214 g/mol. The van der Waals surface area contributed by atoms with Crippen molar-refractivity contribution in [3.8, 4) is 0 Å². The lowest BCUT2D eigenvalue weighted by Gasteiger charge is -2.31. The van der Waals surface area contributed by atoms with E-state index in [4.69, 9.17) is 5.11 Å². The molecule has 0 unspecified atom stereocenters. The van der Waals surface area contributed by atoms with Crippen molar-refractivity contribution in [3.05, 3.63) is 0 Å². The summed E-state index contributed by atoms with van der Waals surface area (Å²) in [5.74, 6) is 0.589. The van der Waals surface area contributed by atoms with E-state index in [9.17, 15) is 4.79 Å². The van der Waals surface area contributed by atoms with Crippen LogP contribution in [0.1, 0.15) is 33.1 Å². The second kappa shape index (κ2) is 6.08. The van der Waals surface area contributed by atoms with Gasteiger partial charge in [-0.2, -0.15) is 0 Å². The highest BCUT2D eigenvalue weighted by atomic mass is 16.3. The van der Waals surface area contributed by atoms with Gasteiger partial charge in [0.2, 0.25) is 5.91 Å². The third kappa shape index (κ3) is 5.14. The second-order valence-electron chi connectivity index (χ2n) is 4.65. The van der Waals surface area contributed by atoms with Gasteiger partial charge in [-0.15, -0.1) is 0 Å². The lowest BCUT2D eigenvalue weighted by Crippen LogP contribution is -2.39. The van der Waals surface area contributed by atoms with Crippen molar-refractivity contribution < 1.29 is 9.90 Å². The molecule has 0 aromatic heterocycles. The molecule has 0 aromatic rings. The zero-order valence-electron chi connectivity index (χ0n) is 9.62. The average molecular weight is 214 g/mol. The molecule has 0 radical (unpaired) electrons. The molecule has 15 heavy (non-hydrogen) atoms. The van der Waals surface area contributed by atoms with Crippen molar-refractivity contribution in [2.24, 2.45) is 5.92 Å². The third-order valence-electron chi connectivity index (χ3n) is 2.70. The van der Waals surface area contributed by atoms with E-state index in [0.29, 0.717) is 18.4 Å². The van der Waals surface area contributed by atoms with Gasteiger partial charge in [-0.1, -0.05) is 13.8 Å². The van der Waals surface area contributed by atoms with E-state index < -0.39 is 0 Å². The number of hydrogen-bond donors (Lipinski definition) is 3. The van der Waals surface area contributed by atoms with Crippen LogP contribution in [0, 0.1) is 5.92 Å². The zero-order valence-corrected chi connectivity index (χ0v) is 9.62. The topological polar surface area (TPSA) is 61.4 Å². The Labute approximate surface area is 91.4 Å². The van der Waals surface area contributed by atoms with Gasteiger partial charge in [0.1, 0.15) is 0 Å². The smallest absolute Gasteiger partial charge is 0.221 e. The summed E-state index contributed by atoms with van der Waals surface area (Å²) in [7, 11) is 0. The van der Waals surface area contributed by atoms with Crippen molar-refractivity contribution in [3.63, 3.8) is 0 Å². The molecule has 0 heterocycles. The number of hydrogen-bond acceptors (Lipinski definition) is 3. The first-order chi connectivity index (χ1) is 7.08. The third-order valence-corrected chi connectivity index (χ3v) is 2.70. The quantitative estimate of drug-likeness (QED) is 0.594. The molecule has 4 nitrogen and oxygen atoms in total. The van der Waals surface area contributed by atoms with Gasteiger partial charge < -0.3 is 15.7 Å². The molecular formula is C11H22N2O2. The van der Waals surface area contributed by atoms with Gasteiger partial charge in [0.15, 0.2) is 0 Å². The molecule has 0 aromatic carbocycles. The SMILES string of the molecule is CC(C)NCCC(=O)NCC1CC(O)C1. The molecule has 88 valence electrons. The summed E-state index contributed by atoms with van der Waals surface area (Å²) in [5, 5.41) is 15.2. The molecule has 1 amide bonds. The molecule has 0 aliphatic heterocycles. The van der Waals surface area contributed by atoms with Crippen LogP contribution < -0.4 is 10.6 Å².